The van der Waals surface area contributed by atoms with Crippen molar-refractivity contribution in [3.8, 4) is 0 Å². The maximum Gasteiger partial charge on any atom is 0.253 e. The van der Waals surface area contributed by atoms with E-state index in [2.05, 4.69) is 43.5 Å². The fourth-order valence-electron chi connectivity index (χ4n) is 1.97. The van der Waals surface area contributed by atoms with Gasteiger partial charge in [-0.3, -0.25) is 4.79 Å². The van der Waals surface area contributed by atoms with Crippen LogP contribution in [0.1, 0.15) is 37.0 Å². The number of nitrogens with zero attached hydrogens (tertiary/aromatic N) is 1. The van der Waals surface area contributed by atoms with E-state index in [9.17, 15) is 4.79 Å². The van der Waals surface area contributed by atoms with Gasteiger partial charge in [0.15, 0.2) is 0 Å². The summed E-state index contributed by atoms with van der Waals surface area (Å²) < 4.78 is 0. The zero-order valence-corrected chi connectivity index (χ0v) is 13.1. The van der Waals surface area contributed by atoms with Crippen LogP contribution >= 0.6 is 0 Å². The quantitative estimate of drug-likeness (QED) is 0.718. The predicted octanol–water partition coefficient (Wildman–Crippen LogP) is 2.58. The molecule has 0 aliphatic heterocycles. The van der Waals surface area contributed by atoms with Gasteiger partial charge in [0, 0.05) is 18.3 Å². The van der Waals surface area contributed by atoms with Crippen molar-refractivity contribution in [3.63, 3.8) is 0 Å². The Hall–Kier alpha value is -1.55. The molecule has 112 valence electrons. The van der Waals surface area contributed by atoms with Crippen molar-refractivity contribution in [2.24, 2.45) is 0 Å². The summed E-state index contributed by atoms with van der Waals surface area (Å²) in [5.74, 6) is -0.00129. The number of rotatable bonds is 8. The first-order valence-corrected chi connectivity index (χ1v) is 7.29. The summed E-state index contributed by atoms with van der Waals surface area (Å²) in [6.07, 6.45) is 2.10. The number of hydrogen-bond donors (Lipinski definition) is 2. The fraction of sp³-hybridized carbons (Fsp3) is 0.562. The Kier molecular flexibility index (Phi) is 7.09. The van der Waals surface area contributed by atoms with Crippen molar-refractivity contribution in [1.29, 1.82) is 0 Å². The van der Waals surface area contributed by atoms with Crippen LogP contribution in [0.5, 0.6) is 0 Å². The molecule has 0 saturated carbocycles. The molecule has 0 heterocycles. The number of nitrogens with one attached hydrogen (secondary N) is 2. The Morgan fingerprint density at radius 2 is 1.90 bits per heavy atom. The molecule has 0 spiro atoms. The zero-order valence-electron chi connectivity index (χ0n) is 13.1. The van der Waals surface area contributed by atoms with Crippen molar-refractivity contribution in [3.05, 3.63) is 29.8 Å². The van der Waals surface area contributed by atoms with Gasteiger partial charge in [0.05, 0.1) is 5.56 Å². The van der Waals surface area contributed by atoms with Crippen LogP contribution in [0.3, 0.4) is 0 Å². The molecule has 0 fully saturated rings. The summed E-state index contributed by atoms with van der Waals surface area (Å²) in [4.78, 5) is 14.3. The van der Waals surface area contributed by atoms with Crippen molar-refractivity contribution in [1.82, 2.24) is 10.2 Å². The first-order chi connectivity index (χ1) is 9.50. The van der Waals surface area contributed by atoms with Crippen LogP contribution in [0.4, 0.5) is 5.69 Å². The van der Waals surface area contributed by atoms with Gasteiger partial charge in [-0.2, -0.15) is 0 Å². The lowest BCUT2D eigenvalue weighted by Crippen LogP contribution is -2.26. The van der Waals surface area contributed by atoms with Gasteiger partial charge in [-0.1, -0.05) is 12.1 Å². The van der Waals surface area contributed by atoms with Crippen molar-refractivity contribution in [2.45, 2.75) is 32.7 Å². The highest BCUT2D eigenvalue weighted by molar-refractivity contribution is 5.99. The van der Waals surface area contributed by atoms with Crippen molar-refractivity contribution < 1.29 is 4.79 Å². The highest BCUT2D eigenvalue weighted by Crippen LogP contribution is 2.15. The Labute approximate surface area is 122 Å². The van der Waals surface area contributed by atoms with Gasteiger partial charge >= 0.3 is 0 Å². The van der Waals surface area contributed by atoms with E-state index in [0.717, 1.165) is 31.6 Å². The van der Waals surface area contributed by atoms with E-state index in [1.54, 1.807) is 0 Å². The average molecular weight is 277 g/mol. The molecule has 0 atom stereocenters. The Morgan fingerprint density at radius 3 is 2.55 bits per heavy atom. The summed E-state index contributed by atoms with van der Waals surface area (Å²) in [6.45, 7) is 5.91. The van der Waals surface area contributed by atoms with Crippen LogP contribution in [0.15, 0.2) is 24.3 Å². The summed E-state index contributed by atoms with van der Waals surface area (Å²) in [5, 5.41) is 6.29. The lowest BCUT2D eigenvalue weighted by atomic mass is 10.1. The van der Waals surface area contributed by atoms with E-state index in [1.165, 1.54) is 0 Å². The number of benzene rings is 1. The van der Waals surface area contributed by atoms with Crippen LogP contribution in [-0.2, 0) is 0 Å². The van der Waals surface area contributed by atoms with Gasteiger partial charge in [0.1, 0.15) is 0 Å². The summed E-state index contributed by atoms with van der Waals surface area (Å²) in [5.41, 5.74) is 1.61. The molecule has 0 radical (unpaired) electrons. The topological polar surface area (TPSA) is 44.4 Å². The summed E-state index contributed by atoms with van der Waals surface area (Å²) in [7, 11) is 4.12. The fourth-order valence-corrected chi connectivity index (χ4v) is 1.97. The third kappa shape index (κ3) is 6.06. The number of carbonyl (C=O) groups is 1. The molecule has 4 heteroatoms. The summed E-state index contributed by atoms with van der Waals surface area (Å²) >= 11 is 0. The molecular formula is C16H27N3O. The van der Waals surface area contributed by atoms with Crippen LogP contribution in [0, 0.1) is 0 Å². The molecule has 1 amide bonds. The standard InChI is InChI=1S/C16H27N3O/c1-13(2)18-15-10-6-5-9-14(15)16(20)17-11-7-8-12-19(3)4/h5-6,9-10,13,18H,7-8,11-12H2,1-4H3,(H,17,20). The Balaban J connectivity index is 2.47. The van der Waals surface area contributed by atoms with Gasteiger partial charge in [0.25, 0.3) is 5.91 Å². The first kappa shape index (κ1) is 16.5. The van der Waals surface area contributed by atoms with Gasteiger partial charge in [-0.25, -0.2) is 0 Å². The van der Waals surface area contributed by atoms with Crippen LogP contribution < -0.4 is 10.6 Å². The predicted molar refractivity (Wildman–Crippen MR) is 85.3 cm³/mol. The molecule has 0 bridgehead atoms. The highest BCUT2D eigenvalue weighted by Gasteiger charge is 2.10. The number of unbranched alkanes of at least 4 members (excludes halogenated alkanes) is 1. The second-order valence-corrected chi connectivity index (χ2v) is 5.61. The molecule has 0 aromatic heterocycles. The third-order valence-electron chi connectivity index (χ3n) is 2.93. The number of hydrogen-bond acceptors (Lipinski definition) is 3. The Bertz CT molecular complexity index is 416. The molecule has 1 rings (SSSR count). The molecule has 0 aliphatic rings. The van der Waals surface area contributed by atoms with Gasteiger partial charge in [-0.15, -0.1) is 0 Å². The monoisotopic (exact) mass is 277 g/mol. The second kappa shape index (κ2) is 8.59. The number of amides is 1. The molecule has 0 aliphatic carbocycles. The maximum absolute atomic E-state index is 12.2. The SMILES string of the molecule is CC(C)Nc1ccccc1C(=O)NCCCCN(C)C. The molecular weight excluding hydrogens is 250 g/mol. The van der Waals surface area contributed by atoms with E-state index in [0.29, 0.717) is 11.6 Å². The van der Waals surface area contributed by atoms with E-state index in [-0.39, 0.29) is 5.91 Å². The normalized spacial score (nSPS) is 10.9. The first-order valence-electron chi connectivity index (χ1n) is 7.29. The lowest BCUT2D eigenvalue weighted by Gasteiger charge is -2.14. The van der Waals surface area contributed by atoms with Crippen LogP contribution in [0.2, 0.25) is 0 Å². The van der Waals surface area contributed by atoms with E-state index < -0.39 is 0 Å². The number of para-hydroxylation sites is 1. The minimum Gasteiger partial charge on any atom is -0.382 e. The van der Waals surface area contributed by atoms with Crippen LogP contribution in [0.25, 0.3) is 0 Å². The van der Waals surface area contributed by atoms with Gasteiger partial charge in [0.2, 0.25) is 0 Å². The van der Waals surface area contributed by atoms with Gasteiger partial charge < -0.3 is 15.5 Å². The van der Waals surface area contributed by atoms with Crippen molar-refractivity contribution in [2.75, 3.05) is 32.5 Å². The Morgan fingerprint density at radius 1 is 1.20 bits per heavy atom. The van der Waals surface area contributed by atoms with E-state index in [4.69, 9.17) is 0 Å². The molecule has 1 aromatic rings. The highest BCUT2D eigenvalue weighted by atomic mass is 16.1. The smallest absolute Gasteiger partial charge is 0.253 e. The largest absolute Gasteiger partial charge is 0.382 e. The molecule has 2 N–H and O–H groups in total. The second-order valence-electron chi connectivity index (χ2n) is 5.61. The number of anilines is 1. The molecule has 1 aromatic carbocycles. The van der Waals surface area contributed by atoms with Gasteiger partial charge in [-0.05, 0) is 59.5 Å². The average Bonchev–Trinajstić information content (AvgIpc) is 2.37. The summed E-state index contributed by atoms with van der Waals surface area (Å²) in [6, 6.07) is 7.95. The molecule has 4 nitrogen and oxygen atoms in total. The van der Waals surface area contributed by atoms with E-state index in [1.807, 2.05) is 24.3 Å². The molecule has 0 unspecified atom stereocenters. The maximum atomic E-state index is 12.2. The molecule has 0 saturated heterocycles. The minimum atomic E-state index is -0.00129. The zero-order chi connectivity index (χ0) is 15.0. The third-order valence-corrected chi connectivity index (χ3v) is 2.93. The lowest BCUT2D eigenvalue weighted by molar-refractivity contribution is 0.0953. The minimum absolute atomic E-state index is 0.00129. The van der Waals surface area contributed by atoms with E-state index >= 15 is 0 Å². The van der Waals surface area contributed by atoms with Crippen molar-refractivity contribution >= 4 is 11.6 Å². The molecule has 20 heavy (non-hydrogen) atoms. The van der Waals surface area contributed by atoms with Crippen LogP contribution in [-0.4, -0.2) is 44.0 Å². The number of carbonyl (C=O) groups excluding carboxylic acids is 1.